The molecule has 1 atom stereocenters. The minimum Gasteiger partial charge on any atom is -0.497 e. The fraction of sp³-hybridized carbons (Fsp3) is 0.571. The van der Waals surface area contributed by atoms with Crippen LogP contribution in [-0.2, 0) is 10.0 Å². The van der Waals surface area contributed by atoms with Crippen LogP contribution in [0, 0.1) is 6.92 Å². The normalized spacial score (nSPS) is 19.8. The first-order valence-electron chi connectivity index (χ1n) is 6.90. The van der Waals surface area contributed by atoms with Crippen molar-refractivity contribution in [2.45, 2.75) is 37.1 Å². The van der Waals surface area contributed by atoms with E-state index in [0.717, 1.165) is 19.4 Å². The van der Waals surface area contributed by atoms with Gasteiger partial charge < -0.3 is 10.1 Å². The molecule has 1 fully saturated rings. The van der Waals surface area contributed by atoms with Gasteiger partial charge in [-0.05, 0) is 50.1 Å². The average Bonchev–Trinajstić information content (AvgIpc) is 2.46. The summed E-state index contributed by atoms with van der Waals surface area (Å²) in [5.41, 5.74) is 0.688. The van der Waals surface area contributed by atoms with Gasteiger partial charge in [0, 0.05) is 12.6 Å². The smallest absolute Gasteiger partial charge is 0.240 e. The summed E-state index contributed by atoms with van der Waals surface area (Å²) in [6.45, 7) is 3.18. The molecule has 0 spiro atoms. The third-order valence-electron chi connectivity index (χ3n) is 3.60. The molecule has 2 N–H and O–H groups in total. The van der Waals surface area contributed by atoms with Gasteiger partial charge in [-0.3, -0.25) is 0 Å². The molecule has 1 heterocycles. The molecule has 0 radical (unpaired) electrons. The van der Waals surface area contributed by atoms with Gasteiger partial charge in [0.2, 0.25) is 10.0 Å². The van der Waals surface area contributed by atoms with Gasteiger partial charge in [-0.25, -0.2) is 13.1 Å². The van der Waals surface area contributed by atoms with E-state index in [0.29, 0.717) is 22.8 Å². The molecule has 0 amide bonds. The van der Waals surface area contributed by atoms with Gasteiger partial charge in [0.25, 0.3) is 0 Å². The Morgan fingerprint density at radius 2 is 2.20 bits per heavy atom. The van der Waals surface area contributed by atoms with Crippen LogP contribution in [0.5, 0.6) is 5.75 Å². The van der Waals surface area contributed by atoms with Crippen LogP contribution in [0.1, 0.15) is 24.8 Å². The highest BCUT2D eigenvalue weighted by molar-refractivity contribution is 7.89. The van der Waals surface area contributed by atoms with Gasteiger partial charge in [-0.15, -0.1) is 0 Å². The summed E-state index contributed by atoms with van der Waals surface area (Å²) in [6.07, 6.45) is 3.34. The molecule has 1 aromatic rings. The molecule has 1 aliphatic heterocycles. The Morgan fingerprint density at radius 3 is 2.80 bits per heavy atom. The summed E-state index contributed by atoms with van der Waals surface area (Å²) < 4.78 is 32.4. The Balaban J connectivity index is 2.05. The number of ether oxygens (including phenoxy) is 1. The predicted octanol–water partition coefficient (Wildman–Crippen LogP) is 1.42. The number of piperidine rings is 1. The van der Waals surface area contributed by atoms with Crippen molar-refractivity contribution in [3.63, 3.8) is 0 Å². The van der Waals surface area contributed by atoms with Gasteiger partial charge in [0.1, 0.15) is 5.75 Å². The molecular formula is C14H22N2O3S. The lowest BCUT2D eigenvalue weighted by Gasteiger charge is -2.23. The van der Waals surface area contributed by atoms with Crippen molar-refractivity contribution in [1.29, 1.82) is 0 Å². The minimum absolute atomic E-state index is 0.233. The summed E-state index contributed by atoms with van der Waals surface area (Å²) in [7, 11) is -1.90. The average molecular weight is 298 g/mol. The lowest BCUT2D eigenvalue weighted by Crippen LogP contribution is -2.43. The largest absolute Gasteiger partial charge is 0.497 e. The number of methoxy groups -OCH3 is 1. The second-order valence-corrected chi connectivity index (χ2v) is 6.87. The second kappa shape index (κ2) is 6.56. The minimum atomic E-state index is -3.46. The molecule has 1 saturated heterocycles. The highest BCUT2D eigenvalue weighted by Crippen LogP contribution is 2.20. The van der Waals surface area contributed by atoms with Crippen molar-refractivity contribution in [1.82, 2.24) is 10.0 Å². The van der Waals surface area contributed by atoms with E-state index < -0.39 is 10.0 Å². The molecule has 1 unspecified atom stereocenters. The van der Waals surface area contributed by atoms with Gasteiger partial charge in [0.15, 0.2) is 0 Å². The summed E-state index contributed by atoms with van der Waals surface area (Å²) in [5.74, 6) is 0.662. The quantitative estimate of drug-likeness (QED) is 0.863. The Labute approximate surface area is 120 Å². The lowest BCUT2D eigenvalue weighted by molar-refractivity contribution is 0.398. The third kappa shape index (κ3) is 3.71. The molecule has 112 valence electrons. The molecule has 1 aliphatic rings. The second-order valence-electron chi connectivity index (χ2n) is 5.13. The fourth-order valence-electron chi connectivity index (χ4n) is 2.44. The van der Waals surface area contributed by atoms with Crippen LogP contribution < -0.4 is 14.8 Å². The lowest BCUT2D eigenvalue weighted by atomic mass is 10.1. The van der Waals surface area contributed by atoms with Crippen LogP contribution in [-0.4, -0.2) is 34.7 Å². The molecular weight excluding hydrogens is 276 g/mol. The summed E-state index contributed by atoms with van der Waals surface area (Å²) in [6, 6.07) is 5.22. The highest BCUT2D eigenvalue weighted by Gasteiger charge is 2.20. The molecule has 0 saturated carbocycles. The van der Waals surface area contributed by atoms with Crippen LogP contribution >= 0.6 is 0 Å². The van der Waals surface area contributed by atoms with E-state index >= 15 is 0 Å². The monoisotopic (exact) mass is 298 g/mol. The van der Waals surface area contributed by atoms with Crippen LogP contribution in [0.3, 0.4) is 0 Å². The van der Waals surface area contributed by atoms with Crippen molar-refractivity contribution in [2.75, 3.05) is 20.2 Å². The molecule has 0 bridgehead atoms. The first-order chi connectivity index (χ1) is 9.53. The zero-order chi connectivity index (χ0) is 14.6. The van der Waals surface area contributed by atoms with E-state index in [1.54, 1.807) is 32.2 Å². The number of hydrogen-bond donors (Lipinski definition) is 2. The summed E-state index contributed by atoms with van der Waals surface area (Å²) in [5, 5.41) is 3.33. The predicted molar refractivity (Wildman–Crippen MR) is 78.6 cm³/mol. The van der Waals surface area contributed by atoms with E-state index in [2.05, 4.69) is 10.0 Å². The topological polar surface area (TPSA) is 67.4 Å². The van der Waals surface area contributed by atoms with Crippen LogP contribution in [0.25, 0.3) is 0 Å². The van der Waals surface area contributed by atoms with E-state index in [4.69, 9.17) is 4.74 Å². The van der Waals surface area contributed by atoms with E-state index in [9.17, 15) is 8.42 Å². The van der Waals surface area contributed by atoms with Crippen molar-refractivity contribution >= 4 is 10.0 Å². The van der Waals surface area contributed by atoms with Crippen molar-refractivity contribution in [3.8, 4) is 5.75 Å². The molecule has 20 heavy (non-hydrogen) atoms. The van der Waals surface area contributed by atoms with E-state index in [1.165, 1.54) is 6.42 Å². The van der Waals surface area contributed by atoms with Gasteiger partial charge in [-0.1, -0.05) is 6.42 Å². The van der Waals surface area contributed by atoms with Crippen molar-refractivity contribution in [3.05, 3.63) is 23.8 Å². The summed E-state index contributed by atoms with van der Waals surface area (Å²) >= 11 is 0. The molecule has 2 rings (SSSR count). The van der Waals surface area contributed by atoms with Crippen LogP contribution in [0.15, 0.2) is 23.1 Å². The van der Waals surface area contributed by atoms with Gasteiger partial charge in [-0.2, -0.15) is 0 Å². The number of benzene rings is 1. The Bertz CT molecular complexity index is 552. The Hall–Kier alpha value is -1.11. The third-order valence-corrected chi connectivity index (χ3v) is 5.19. The van der Waals surface area contributed by atoms with Crippen molar-refractivity contribution in [2.24, 2.45) is 0 Å². The van der Waals surface area contributed by atoms with Gasteiger partial charge >= 0.3 is 0 Å². The van der Waals surface area contributed by atoms with E-state index in [-0.39, 0.29) is 6.04 Å². The maximum absolute atomic E-state index is 12.3. The van der Waals surface area contributed by atoms with E-state index in [1.807, 2.05) is 0 Å². The molecule has 1 aromatic carbocycles. The Morgan fingerprint density at radius 1 is 1.40 bits per heavy atom. The zero-order valence-corrected chi connectivity index (χ0v) is 12.8. The molecule has 0 aliphatic carbocycles. The zero-order valence-electron chi connectivity index (χ0n) is 12.0. The fourth-order valence-corrected chi connectivity index (χ4v) is 3.74. The van der Waals surface area contributed by atoms with Crippen LogP contribution in [0.2, 0.25) is 0 Å². The van der Waals surface area contributed by atoms with Crippen LogP contribution in [0.4, 0.5) is 0 Å². The molecule has 5 nitrogen and oxygen atoms in total. The number of hydrogen-bond acceptors (Lipinski definition) is 4. The van der Waals surface area contributed by atoms with Crippen molar-refractivity contribution < 1.29 is 13.2 Å². The number of rotatable bonds is 5. The highest BCUT2D eigenvalue weighted by atomic mass is 32.2. The number of sulfonamides is 1. The van der Waals surface area contributed by atoms with Gasteiger partial charge in [0.05, 0.1) is 12.0 Å². The number of aryl methyl sites for hydroxylation is 1. The SMILES string of the molecule is COc1ccc(S(=O)(=O)NCC2CCCCN2)c(C)c1. The summed E-state index contributed by atoms with van der Waals surface area (Å²) in [4.78, 5) is 0.314. The maximum Gasteiger partial charge on any atom is 0.240 e. The molecule has 0 aromatic heterocycles. The first kappa shape index (κ1) is 15.3. The number of nitrogens with one attached hydrogen (secondary N) is 2. The maximum atomic E-state index is 12.3. The Kier molecular flexibility index (Phi) is 5.01. The standard InChI is InChI=1S/C14H22N2O3S/c1-11-9-13(19-2)6-7-14(11)20(17,18)16-10-12-5-3-4-8-15-12/h6-7,9,12,15-16H,3-5,8,10H2,1-2H3. The molecule has 6 heteroatoms. The first-order valence-corrected chi connectivity index (χ1v) is 8.39.